The maximum absolute atomic E-state index is 12.5. The van der Waals surface area contributed by atoms with Crippen LogP contribution in [0.1, 0.15) is 27.1 Å². The van der Waals surface area contributed by atoms with Crippen LogP contribution in [0.2, 0.25) is 0 Å². The summed E-state index contributed by atoms with van der Waals surface area (Å²) >= 11 is 3.03. The molecule has 0 fully saturated rings. The summed E-state index contributed by atoms with van der Waals surface area (Å²) in [4.78, 5) is -0.858. The third kappa shape index (κ3) is 2.32. The van der Waals surface area contributed by atoms with Crippen LogP contribution in [-0.2, 0) is 0 Å². The molecule has 0 aromatic heterocycles. The van der Waals surface area contributed by atoms with Crippen molar-refractivity contribution in [2.45, 2.75) is 32.0 Å². The van der Waals surface area contributed by atoms with E-state index in [0.717, 1.165) is 16.7 Å². The molecule has 0 heterocycles. The standard InChI is InChI=1S/C11H13BrF2/c1-6-4-7(2)9(8(3)5-6)10(12)11(13)14/h4-5,10-11H,1-3H3. The molecular weight excluding hydrogens is 250 g/mol. The Morgan fingerprint density at radius 2 is 1.50 bits per heavy atom. The van der Waals surface area contributed by atoms with Crippen molar-refractivity contribution >= 4 is 15.9 Å². The Morgan fingerprint density at radius 3 is 1.86 bits per heavy atom. The minimum atomic E-state index is -2.37. The molecule has 78 valence electrons. The van der Waals surface area contributed by atoms with Gasteiger partial charge in [-0.25, -0.2) is 8.78 Å². The van der Waals surface area contributed by atoms with E-state index in [1.165, 1.54) is 0 Å². The smallest absolute Gasteiger partial charge is 0.209 e. The topological polar surface area (TPSA) is 0 Å². The van der Waals surface area contributed by atoms with Gasteiger partial charge in [0.2, 0.25) is 0 Å². The number of hydrogen-bond acceptors (Lipinski definition) is 0. The summed E-state index contributed by atoms with van der Waals surface area (Å²) in [5, 5.41) is 0. The summed E-state index contributed by atoms with van der Waals surface area (Å²) in [5.41, 5.74) is 3.66. The van der Waals surface area contributed by atoms with Crippen molar-refractivity contribution in [1.82, 2.24) is 0 Å². The van der Waals surface area contributed by atoms with E-state index in [-0.39, 0.29) is 0 Å². The first kappa shape index (κ1) is 11.6. The van der Waals surface area contributed by atoms with Crippen LogP contribution in [0.5, 0.6) is 0 Å². The molecule has 1 aromatic carbocycles. The van der Waals surface area contributed by atoms with Crippen molar-refractivity contribution < 1.29 is 8.78 Å². The fourth-order valence-corrected chi connectivity index (χ4v) is 2.47. The fraction of sp³-hybridized carbons (Fsp3) is 0.455. The van der Waals surface area contributed by atoms with Crippen molar-refractivity contribution in [1.29, 1.82) is 0 Å². The lowest BCUT2D eigenvalue weighted by Crippen LogP contribution is -2.06. The van der Waals surface area contributed by atoms with Crippen LogP contribution in [0.25, 0.3) is 0 Å². The van der Waals surface area contributed by atoms with Gasteiger partial charge >= 0.3 is 0 Å². The molecule has 0 saturated heterocycles. The van der Waals surface area contributed by atoms with E-state index in [2.05, 4.69) is 15.9 Å². The molecule has 14 heavy (non-hydrogen) atoms. The van der Waals surface area contributed by atoms with Crippen molar-refractivity contribution in [3.05, 3.63) is 34.4 Å². The van der Waals surface area contributed by atoms with Crippen molar-refractivity contribution in [3.8, 4) is 0 Å². The van der Waals surface area contributed by atoms with Crippen LogP contribution in [0.3, 0.4) is 0 Å². The summed E-state index contributed by atoms with van der Waals surface area (Å²) in [5.74, 6) is 0. The lowest BCUT2D eigenvalue weighted by molar-refractivity contribution is 0.147. The van der Waals surface area contributed by atoms with Crippen molar-refractivity contribution in [2.75, 3.05) is 0 Å². The van der Waals surface area contributed by atoms with Crippen LogP contribution in [0.15, 0.2) is 12.1 Å². The number of rotatable bonds is 2. The van der Waals surface area contributed by atoms with Gasteiger partial charge in [0, 0.05) is 0 Å². The van der Waals surface area contributed by atoms with E-state index in [1.54, 1.807) is 0 Å². The van der Waals surface area contributed by atoms with Gasteiger partial charge in [-0.3, -0.25) is 0 Å². The summed E-state index contributed by atoms with van der Waals surface area (Å²) in [6, 6.07) is 3.86. The average Bonchev–Trinajstić information content (AvgIpc) is 2.01. The molecule has 0 aliphatic rings. The molecule has 1 unspecified atom stereocenters. The molecule has 3 heteroatoms. The van der Waals surface area contributed by atoms with E-state index in [9.17, 15) is 8.78 Å². The number of hydrogen-bond donors (Lipinski definition) is 0. The van der Waals surface area contributed by atoms with Crippen LogP contribution in [0, 0.1) is 20.8 Å². The SMILES string of the molecule is Cc1cc(C)c(C(Br)C(F)F)c(C)c1. The predicted molar refractivity (Wildman–Crippen MR) is 58.3 cm³/mol. The quantitative estimate of drug-likeness (QED) is 0.697. The number of benzene rings is 1. The van der Waals surface area contributed by atoms with E-state index >= 15 is 0 Å². The Bertz CT molecular complexity index is 311. The predicted octanol–water partition coefficient (Wildman–Crippen LogP) is 4.31. The summed E-state index contributed by atoms with van der Waals surface area (Å²) in [6.07, 6.45) is -2.37. The second-order valence-corrected chi connectivity index (χ2v) is 4.54. The normalized spacial score (nSPS) is 13.4. The molecule has 0 aliphatic carbocycles. The minimum Gasteiger partial charge on any atom is -0.209 e. The van der Waals surface area contributed by atoms with E-state index in [0.29, 0.717) is 5.56 Å². The minimum absolute atomic E-state index is 0.714. The molecule has 0 aliphatic heterocycles. The zero-order chi connectivity index (χ0) is 10.9. The van der Waals surface area contributed by atoms with Gasteiger partial charge in [0.05, 0.1) is 0 Å². The van der Waals surface area contributed by atoms with Gasteiger partial charge in [0.1, 0.15) is 4.83 Å². The first-order chi connectivity index (χ1) is 6.43. The Hall–Kier alpha value is -0.440. The van der Waals surface area contributed by atoms with Gasteiger partial charge in [0.15, 0.2) is 0 Å². The van der Waals surface area contributed by atoms with Gasteiger partial charge in [-0.2, -0.15) is 0 Å². The van der Waals surface area contributed by atoms with E-state index in [1.807, 2.05) is 32.9 Å². The molecular formula is C11H13BrF2. The summed E-state index contributed by atoms with van der Waals surface area (Å²) < 4.78 is 25.1. The zero-order valence-corrected chi connectivity index (χ0v) is 10.0. The monoisotopic (exact) mass is 262 g/mol. The van der Waals surface area contributed by atoms with Crippen molar-refractivity contribution in [3.63, 3.8) is 0 Å². The number of aryl methyl sites for hydroxylation is 3. The largest absolute Gasteiger partial charge is 0.255 e. The van der Waals surface area contributed by atoms with Crippen LogP contribution in [-0.4, -0.2) is 6.43 Å². The fourth-order valence-electron chi connectivity index (χ4n) is 1.75. The highest BCUT2D eigenvalue weighted by Gasteiger charge is 2.22. The number of alkyl halides is 3. The average molecular weight is 263 g/mol. The first-order valence-electron chi connectivity index (χ1n) is 4.43. The molecule has 0 radical (unpaired) electrons. The summed E-state index contributed by atoms with van der Waals surface area (Å²) in [6.45, 7) is 5.70. The van der Waals surface area contributed by atoms with Crippen LogP contribution in [0.4, 0.5) is 8.78 Å². The zero-order valence-electron chi connectivity index (χ0n) is 8.44. The van der Waals surface area contributed by atoms with Gasteiger partial charge < -0.3 is 0 Å². The maximum Gasteiger partial charge on any atom is 0.255 e. The Labute approximate surface area is 91.5 Å². The molecule has 0 nitrogen and oxygen atoms in total. The Morgan fingerprint density at radius 1 is 1.07 bits per heavy atom. The molecule has 1 atom stereocenters. The molecule has 0 spiro atoms. The van der Waals surface area contributed by atoms with Gasteiger partial charge in [-0.1, -0.05) is 33.6 Å². The lowest BCUT2D eigenvalue weighted by Gasteiger charge is -2.16. The Balaban J connectivity index is 3.20. The molecule has 0 saturated carbocycles. The molecule has 0 amide bonds. The number of halogens is 3. The highest BCUT2D eigenvalue weighted by atomic mass is 79.9. The van der Waals surface area contributed by atoms with E-state index < -0.39 is 11.3 Å². The third-order valence-corrected chi connectivity index (χ3v) is 3.09. The van der Waals surface area contributed by atoms with Crippen molar-refractivity contribution in [2.24, 2.45) is 0 Å². The van der Waals surface area contributed by atoms with Gasteiger partial charge in [0.25, 0.3) is 6.43 Å². The Kier molecular flexibility index (Phi) is 3.65. The lowest BCUT2D eigenvalue weighted by atomic mass is 9.97. The van der Waals surface area contributed by atoms with Crippen LogP contribution < -0.4 is 0 Å². The van der Waals surface area contributed by atoms with Crippen LogP contribution >= 0.6 is 15.9 Å². The molecule has 1 rings (SSSR count). The second-order valence-electron chi connectivity index (χ2n) is 3.55. The van der Waals surface area contributed by atoms with Gasteiger partial charge in [-0.15, -0.1) is 0 Å². The van der Waals surface area contributed by atoms with Gasteiger partial charge in [-0.05, 0) is 37.5 Å². The second kappa shape index (κ2) is 4.39. The van der Waals surface area contributed by atoms with E-state index in [4.69, 9.17) is 0 Å². The summed E-state index contributed by atoms with van der Waals surface area (Å²) in [7, 11) is 0. The molecule has 0 bridgehead atoms. The third-order valence-electron chi connectivity index (χ3n) is 2.24. The highest BCUT2D eigenvalue weighted by molar-refractivity contribution is 9.09. The molecule has 0 N–H and O–H groups in total. The molecule has 1 aromatic rings. The highest BCUT2D eigenvalue weighted by Crippen LogP contribution is 2.34. The maximum atomic E-state index is 12.5. The first-order valence-corrected chi connectivity index (χ1v) is 5.35.